The molecule has 0 aliphatic rings. The van der Waals surface area contributed by atoms with Gasteiger partial charge in [-0.05, 0) is 64.4 Å². The van der Waals surface area contributed by atoms with Gasteiger partial charge in [0, 0.05) is 10.8 Å². The summed E-state index contributed by atoms with van der Waals surface area (Å²) in [4.78, 5) is 5.28. The monoisotopic (exact) mass is 592 g/mol. The molecule has 0 saturated heterocycles. The van der Waals surface area contributed by atoms with Gasteiger partial charge in [0.15, 0.2) is 0 Å². The minimum atomic E-state index is -1.35. The smallest absolute Gasteiger partial charge is 0.149 e. The van der Waals surface area contributed by atoms with Gasteiger partial charge in [-0.25, -0.2) is 4.98 Å². The van der Waals surface area contributed by atoms with Crippen LogP contribution in [0.2, 0.25) is 19.6 Å². The quantitative estimate of drug-likeness (QED) is 0.180. The number of hydrogen-bond donors (Lipinski definition) is 0. The molecule has 0 aliphatic heterocycles. The Morgan fingerprint density at radius 2 is 1.32 bits per heavy atom. The number of imidazole rings is 1. The van der Waals surface area contributed by atoms with E-state index in [1.54, 1.807) is 0 Å². The van der Waals surface area contributed by atoms with Gasteiger partial charge in [0.25, 0.3) is 0 Å². The third-order valence-corrected chi connectivity index (χ3v) is 11.0. The molecule has 0 N–H and O–H groups in total. The van der Waals surface area contributed by atoms with Gasteiger partial charge in [0.1, 0.15) is 17.0 Å². The van der Waals surface area contributed by atoms with Crippen LogP contribution in [0.25, 0.3) is 61.2 Å². The van der Waals surface area contributed by atoms with Crippen LogP contribution in [0.4, 0.5) is 0 Å². The summed E-state index contributed by atoms with van der Waals surface area (Å²) in [5, 5.41) is 3.70. The number of nitrogens with zero attached hydrogens (tertiary/aromatic N) is 2. The molecule has 0 fully saturated rings. The van der Waals surface area contributed by atoms with Crippen LogP contribution >= 0.6 is 0 Å². The molecule has 4 heteroatoms. The third-order valence-electron chi connectivity index (χ3n) is 8.95. The van der Waals surface area contributed by atoms with Crippen LogP contribution in [0.15, 0.2) is 108 Å². The molecule has 0 radical (unpaired) electrons. The van der Waals surface area contributed by atoms with Gasteiger partial charge in [-0.2, -0.15) is 0 Å². The number of aromatic nitrogens is 2. The van der Waals surface area contributed by atoms with Crippen LogP contribution in [-0.2, 0) is 0 Å². The average Bonchev–Trinajstić information content (AvgIpc) is 3.58. The van der Waals surface area contributed by atoms with E-state index in [-0.39, 0.29) is 0 Å². The minimum absolute atomic E-state index is 0.359. The summed E-state index contributed by atoms with van der Waals surface area (Å²) >= 11 is 0. The normalized spacial score (nSPS) is 12.4. The van der Waals surface area contributed by atoms with Gasteiger partial charge in [-0.3, -0.25) is 4.57 Å². The molecule has 7 rings (SSSR count). The third kappa shape index (κ3) is 4.69. The number of furan rings is 1. The van der Waals surface area contributed by atoms with Gasteiger partial charge in [-0.15, -0.1) is 0 Å². The van der Waals surface area contributed by atoms with Crippen molar-refractivity contribution in [3.63, 3.8) is 0 Å². The fraction of sp³-hybridized carbons (Fsp3) is 0.225. The zero-order chi connectivity index (χ0) is 30.7. The van der Waals surface area contributed by atoms with Gasteiger partial charge in [-0.1, -0.05) is 125 Å². The molecule has 0 unspecified atom stereocenters. The number of hydrogen-bond acceptors (Lipinski definition) is 2. The van der Waals surface area contributed by atoms with E-state index in [2.05, 4.69) is 155 Å². The molecule has 2 aromatic heterocycles. The SMILES string of the molecule is CC(C)c1cccc(C(C)C)c1-n1c(-c2cccc3c2oc2cc(-c4ccc([Si](C)(C)C)cc4)ccc23)nc2ccccc21. The van der Waals surface area contributed by atoms with Crippen molar-refractivity contribution in [2.75, 3.05) is 0 Å². The fourth-order valence-corrected chi connectivity index (χ4v) is 7.69. The van der Waals surface area contributed by atoms with Crippen molar-refractivity contribution in [1.82, 2.24) is 9.55 Å². The van der Waals surface area contributed by atoms with E-state index in [4.69, 9.17) is 9.40 Å². The summed E-state index contributed by atoms with van der Waals surface area (Å²) in [6, 6.07) is 37.4. The lowest BCUT2D eigenvalue weighted by Crippen LogP contribution is -2.37. The molecule has 0 saturated carbocycles. The van der Waals surface area contributed by atoms with Crippen molar-refractivity contribution in [3.8, 4) is 28.2 Å². The van der Waals surface area contributed by atoms with E-state index in [9.17, 15) is 0 Å². The highest BCUT2D eigenvalue weighted by Crippen LogP contribution is 2.41. The van der Waals surface area contributed by atoms with Gasteiger partial charge in [0.05, 0.1) is 30.4 Å². The number of fused-ring (bicyclic) bond motifs is 4. The number of benzene rings is 5. The average molecular weight is 593 g/mol. The van der Waals surface area contributed by atoms with Crippen molar-refractivity contribution in [3.05, 3.63) is 114 Å². The summed E-state index contributed by atoms with van der Waals surface area (Å²) in [7, 11) is -1.35. The predicted octanol–water partition coefficient (Wildman–Crippen LogP) is 11.1. The van der Waals surface area contributed by atoms with E-state index in [1.807, 2.05) is 0 Å². The van der Waals surface area contributed by atoms with Crippen molar-refractivity contribution in [2.45, 2.75) is 59.2 Å². The Labute approximate surface area is 261 Å². The van der Waals surface area contributed by atoms with Gasteiger partial charge in [0.2, 0.25) is 0 Å². The van der Waals surface area contributed by atoms with Crippen molar-refractivity contribution >= 4 is 46.2 Å². The molecule has 0 atom stereocenters. The Morgan fingerprint density at radius 1 is 0.659 bits per heavy atom. The Kier molecular flexibility index (Phi) is 6.86. The topological polar surface area (TPSA) is 31.0 Å². The Bertz CT molecular complexity index is 2130. The lowest BCUT2D eigenvalue weighted by Gasteiger charge is -2.22. The highest BCUT2D eigenvalue weighted by molar-refractivity contribution is 6.88. The molecular formula is C40H40N2OSi. The first kappa shape index (κ1) is 28.4. The maximum atomic E-state index is 6.77. The first-order valence-corrected chi connectivity index (χ1v) is 19.3. The lowest BCUT2D eigenvalue weighted by atomic mass is 9.92. The van der Waals surface area contributed by atoms with E-state index in [0.29, 0.717) is 11.8 Å². The summed E-state index contributed by atoms with van der Waals surface area (Å²) < 4.78 is 9.16. The lowest BCUT2D eigenvalue weighted by molar-refractivity contribution is 0.669. The van der Waals surface area contributed by atoms with Crippen LogP contribution in [0.1, 0.15) is 50.7 Å². The van der Waals surface area contributed by atoms with Crippen LogP contribution in [0, 0.1) is 0 Å². The molecule has 44 heavy (non-hydrogen) atoms. The van der Waals surface area contributed by atoms with E-state index in [1.165, 1.54) is 33.1 Å². The second-order valence-corrected chi connectivity index (χ2v) is 18.8. The minimum Gasteiger partial charge on any atom is -0.455 e. The second kappa shape index (κ2) is 10.6. The maximum Gasteiger partial charge on any atom is 0.149 e. The predicted molar refractivity (Wildman–Crippen MR) is 190 cm³/mol. The summed E-state index contributed by atoms with van der Waals surface area (Å²) in [5.74, 6) is 1.63. The number of rotatable bonds is 6. The van der Waals surface area contributed by atoms with Crippen LogP contribution < -0.4 is 5.19 Å². The molecule has 2 heterocycles. The summed E-state index contributed by atoms with van der Waals surface area (Å²) in [5.41, 5.74) is 11.1. The molecular weight excluding hydrogens is 553 g/mol. The molecule has 220 valence electrons. The Morgan fingerprint density at radius 3 is 2.00 bits per heavy atom. The van der Waals surface area contributed by atoms with Gasteiger partial charge < -0.3 is 4.42 Å². The van der Waals surface area contributed by atoms with Crippen molar-refractivity contribution < 1.29 is 4.42 Å². The zero-order valence-electron chi connectivity index (χ0n) is 26.8. The molecule has 3 nitrogen and oxygen atoms in total. The zero-order valence-corrected chi connectivity index (χ0v) is 27.8. The largest absolute Gasteiger partial charge is 0.455 e. The maximum absolute atomic E-state index is 6.77. The van der Waals surface area contributed by atoms with E-state index >= 15 is 0 Å². The molecule has 5 aromatic carbocycles. The fourth-order valence-electron chi connectivity index (χ4n) is 6.52. The first-order chi connectivity index (χ1) is 21.1. The van der Waals surface area contributed by atoms with Crippen molar-refractivity contribution in [1.29, 1.82) is 0 Å². The molecule has 0 aliphatic carbocycles. The summed E-state index contributed by atoms with van der Waals surface area (Å²) in [6.45, 7) is 16.3. The molecule has 0 bridgehead atoms. The second-order valence-electron chi connectivity index (χ2n) is 13.7. The Hall–Kier alpha value is -4.41. The van der Waals surface area contributed by atoms with Crippen molar-refractivity contribution in [2.24, 2.45) is 0 Å². The molecule has 7 aromatic rings. The first-order valence-electron chi connectivity index (χ1n) is 15.8. The van der Waals surface area contributed by atoms with Gasteiger partial charge >= 0.3 is 0 Å². The van der Waals surface area contributed by atoms with E-state index < -0.39 is 8.07 Å². The summed E-state index contributed by atoms with van der Waals surface area (Å²) in [6.07, 6.45) is 0. The van der Waals surface area contributed by atoms with Crippen LogP contribution in [-0.4, -0.2) is 17.6 Å². The van der Waals surface area contributed by atoms with Crippen LogP contribution in [0.5, 0.6) is 0 Å². The number of para-hydroxylation sites is 4. The standard InChI is InChI=1S/C40H40N2OSi/c1-25(2)30-12-10-13-31(26(3)4)38(30)42-36-17-9-8-16-35(36)41-40(42)34-15-11-14-33-32-23-20-28(24-37(32)43-39(33)34)27-18-21-29(22-19-27)44(5,6)7/h8-26H,1-7H3. The Balaban J connectivity index is 1.46. The highest BCUT2D eigenvalue weighted by atomic mass is 28.3. The van der Waals surface area contributed by atoms with Crippen LogP contribution in [0.3, 0.4) is 0 Å². The molecule has 0 spiro atoms. The highest BCUT2D eigenvalue weighted by Gasteiger charge is 2.24. The van der Waals surface area contributed by atoms with E-state index in [0.717, 1.165) is 44.4 Å². The molecule has 0 amide bonds.